The lowest BCUT2D eigenvalue weighted by molar-refractivity contribution is -0.384. The largest absolute Gasteiger partial charge is 0.454 e. The second kappa shape index (κ2) is 8.31. The SMILES string of the molecule is O=C(c1ccc(-n2ccnc2)c([N+](=O)[O-])c1)N1CCN(Cc2ccc3c(c2)OCO3)CC1. The smallest absolute Gasteiger partial charge is 0.294 e. The molecule has 2 aliphatic heterocycles. The average molecular weight is 435 g/mol. The predicted octanol–water partition coefficient (Wildman–Crippen LogP) is 2.47. The van der Waals surface area contributed by atoms with Crippen molar-refractivity contribution in [3.8, 4) is 17.2 Å². The summed E-state index contributed by atoms with van der Waals surface area (Å²) < 4.78 is 12.3. The standard InChI is InChI=1S/C22H21N5O5/c28-22(17-2-3-18(19(12-17)27(29)30)26-6-5-23-14-26)25-9-7-24(8-10-25)13-16-1-4-20-21(11-16)32-15-31-20/h1-6,11-12,14H,7-10,13,15H2. The fourth-order valence-corrected chi connectivity index (χ4v) is 4.01. The van der Waals surface area contributed by atoms with Crippen molar-refractivity contribution in [2.45, 2.75) is 6.54 Å². The minimum Gasteiger partial charge on any atom is -0.454 e. The van der Waals surface area contributed by atoms with Crippen LogP contribution < -0.4 is 9.47 Å². The fraction of sp³-hybridized carbons (Fsp3) is 0.273. The number of rotatable bonds is 5. The lowest BCUT2D eigenvalue weighted by Crippen LogP contribution is -2.48. The van der Waals surface area contributed by atoms with E-state index in [1.54, 1.807) is 34.0 Å². The Morgan fingerprint density at radius 3 is 2.62 bits per heavy atom. The van der Waals surface area contributed by atoms with Gasteiger partial charge in [0.25, 0.3) is 11.6 Å². The second-order valence-electron chi connectivity index (χ2n) is 7.69. The molecule has 0 radical (unpaired) electrons. The lowest BCUT2D eigenvalue weighted by Gasteiger charge is -2.34. The summed E-state index contributed by atoms with van der Waals surface area (Å²) in [6, 6.07) is 10.5. The summed E-state index contributed by atoms with van der Waals surface area (Å²) in [7, 11) is 0. The number of amides is 1. The maximum absolute atomic E-state index is 13.0. The Hall–Kier alpha value is -3.92. The number of aromatic nitrogens is 2. The van der Waals surface area contributed by atoms with Gasteiger partial charge in [-0.1, -0.05) is 6.07 Å². The molecule has 0 unspecified atom stereocenters. The van der Waals surface area contributed by atoms with Crippen molar-refractivity contribution in [3.05, 3.63) is 76.4 Å². The van der Waals surface area contributed by atoms with Gasteiger partial charge < -0.3 is 18.9 Å². The first-order chi connectivity index (χ1) is 15.6. The van der Waals surface area contributed by atoms with Crippen LogP contribution in [0, 0.1) is 10.1 Å². The van der Waals surface area contributed by atoms with Crippen LogP contribution >= 0.6 is 0 Å². The van der Waals surface area contributed by atoms with E-state index in [0.29, 0.717) is 24.3 Å². The molecule has 2 aromatic carbocycles. The molecule has 0 aliphatic carbocycles. The normalized spacial score (nSPS) is 15.7. The number of piperazine rings is 1. The monoisotopic (exact) mass is 435 g/mol. The van der Waals surface area contributed by atoms with Crippen LogP contribution in [-0.2, 0) is 6.54 Å². The number of fused-ring (bicyclic) bond motifs is 1. The zero-order chi connectivity index (χ0) is 22.1. The zero-order valence-electron chi connectivity index (χ0n) is 17.2. The highest BCUT2D eigenvalue weighted by atomic mass is 16.7. The molecule has 3 aromatic rings. The minimum atomic E-state index is -0.477. The topological polar surface area (TPSA) is 103 Å². The first-order valence-corrected chi connectivity index (χ1v) is 10.3. The van der Waals surface area contributed by atoms with Gasteiger partial charge in [-0.05, 0) is 29.8 Å². The predicted molar refractivity (Wildman–Crippen MR) is 114 cm³/mol. The van der Waals surface area contributed by atoms with E-state index in [2.05, 4.69) is 9.88 Å². The van der Waals surface area contributed by atoms with E-state index in [0.717, 1.165) is 36.7 Å². The highest BCUT2D eigenvalue weighted by molar-refractivity contribution is 5.95. The fourth-order valence-electron chi connectivity index (χ4n) is 4.01. The summed E-state index contributed by atoms with van der Waals surface area (Å²) in [5, 5.41) is 11.6. The molecule has 32 heavy (non-hydrogen) atoms. The minimum absolute atomic E-state index is 0.129. The van der Waals surface area contributed by atoms with Crippen molar-refractivity contribution in [1.29, 1.82) is 0 Å². The molecule has 0 spiro atoms. The Bertz CT molecular complexity index is 1160. The number of nitrogens with zero attached hydrogens (tertiary/aromatic N) is 5. The Morgan fingerprint density at radius 1 is 1.06 bits per heavy atom. The number of hydrogen-bond acceptors (Lipinski definition) is 7. The van der Waals surface area contributed by atoms with Crippen LogP contribution in [0.2, 0.25) is 0 Å². The third-order valence-electron chi connectivity index (χ3n) is 5.70. The van der Waals surface area contributed by atoms with Crippen LogP contribution in [0.1, 0.15) is 15.9 Å². The molecule has 0 bridgehead atoms. The number of ether oxygens (including phenoxy) is 2. The first kappa shape index (κ1) is 20.0. The molecule has 1 aromatic heterocycles. The molecule has 5 rings (SSSR count). The maximum Gasteiger partial charge on any atom is 0.294 e. The number of nitro benzene ring substituents is 1. The van der Waals surface area contributed by atoms with E-state index in [4.69, 9.17) is 9.47 Å². The number of carbonyl (C=O) groups is 1. The molecule has 3 heterocycles. The van der Waals surface area contributed by atoms with Crippen LogP contribution in [0.4, 0.5) is 5.69 Å². The van der Waals surface area contributed by atoms with Crippen molar-refractivity contribution < 1.29 is 19.2 Å². The molecule has 2 aliphatic rings. The van der Waals surface area contributed by atoms with Crippen molar-refractivity contribution in [2.24, 2.45) is 0 Å². The van der Waals surface area contributed by atoms with E-state index in [1.165, 1.54) is 12.4 Å². The van der Waals surface area contributed by atoms with Crippen LogP contribution in [-0.4, -0.2) is 63.2 Å². The third-order valence-corrected chi connectivity index (χ3v) is 5.70. The van der Waals surface area contributed by atoms with E-state index >= 15 is 0 Å². The molecule has 0 atom stereocenters. The van der Waals surface area contributed by atoms with Crippen molar-refractivity contribution in [2.75, 3.05) is 33.0 Å². The number of imidazole rings is 1. The third kappa shape index (κ3) is 3.87. The number of hydrogen-bond donors (Lipinski definition) is 0. The van der Waals surface area contributed by atoms with Gasteiger partial charge in [-0.3, -0.25) is 19.8 Å². The highest BCUT2D eigenvalue weighted by Crippen LogP contribution is 2.33. The van der Waals surface area contributed by atoms with Gasteiger partial charge in [-0.25, -0.2) is 4.98 Å². The van der Waals surface area contributed by atoms with E-state index < -0.39 is 4.92 Å². The quantitative estimate of drug-likeness (QED) is 0.448. The van der Waals surface area contributed by atoms with Gasteiger partial charge in [-0.2, -0.15) is 0 Å². The summed E-state index contributed by atoms with van der Waals surface area (Å²) in [5.41, 5.74) is 1.68. The van der Waals surface area contributed by atoms with E-state index in [-0.39, 0.29) is 18.4 Å². The zero-order valence-corrected chi connectivity index (χ0v) is 17.2. The van der Waals surface area contributed by atoms with Crippen LogP contribution in [0.15, 0.2) is 55.1 Å². The molecule has 1 saturated heterocycles. The molecule has 0 N–H and O–H groups in total. The maximum atomic E-state index is 13.0. The second-order valence-corrected chi connectivity index (χ2v) is 7.69. The van der Waals surface area contributed by atoms with Crippen molar-refractivity contribution in [3.63, 3.8) is 0 Å². The van der Waals surface area contributed by atoms with Crippen LogP contribution in [0.5, 0.6) is 11.5 Å². The molecule has 1 fully saturated rings. The summed E-state index contributed by atoms with van der Waals surface area (Å²) in [5.74, 6) is 1.32. The van der Waals surface area contributed by atoms with Crippen molar-refractivity contribution in [1.82, 2.24) is 19.4 Å². The molecule has 1 amide bonds. The van der Waals surface area contributed by atoms with Gasteiger partial charge in [0.15, 0.2) is 11.5 Å². The summed E-state index contributed by atoms with van der Waals surface area (Å²) in [6.45, 7) is 3.55. The number of benzene rings is 2. The van der Waals surface area contributed by atoms with E-state index in [1.807, 2.05) is 18.2 Å². The lowest BCUT2D eigenvalue weighted by atomic mass is 10.1. The van der Waals surface area contributed by atoms with E-state index in [9.17, 15) is 14.9 Å². The first-order valence-electron chi connectivity index (χ1n) is 10.3. The summed E-state index contributed by atoms with van der Waals surface area (Å²) >= 11 is 0. The Balaban J connectivity index is 1.24. The van der Waals surface area contributed by atoms with Crippen LogP contribution in [0.25, 0.3) is 5.69 Å². The van der Waals surface area contributed by atoms with Gasteiger partial charge in [0.2, 0.25) is 6.79 Å². The number of carbonyl (C=O) groups excluding carboxylic acids is 1. The van der Waals surface area contributed by atoms with Gasteiger partial charge in [0, 0.05) is 56.7 Å². The summed E-state index contributed by atoms with van der Waals surface area (Å²) in [4.78, 5) is 32.0. The van der Waals surface area contributed by atoms with Gasteiger partial charge in [0.05, 0.1) is 11.3 Å². The molecule has 10 nitrogen and oxygen atoms in total. The molecule has 0 saturated carbocycles. The molecule has 10 heteroatoms. The molecular formula is C22H21N5O5. The Kier molecular flexibility index (Phi) is 5.20. The molecule has 164 valence electrons. The molecular weight excluding hydrogens is 414 g/mol. The average Bonchev–Trinajstić information content (AvgIpc) is 3.50. The van der Waals surface area contributed by atoms with Gasteiger partial charge in [0.1, 0.15) is 5.69 Å². The Morgan fingerprint density at radius 2 is 1.88 bits per heavy atom. The highest BCUT2D eigenvalue weighted by Gasteiger charge is 2.25. The number of nitro groups is 1. The van der Waals surface area contributed by atoms with Crippen LogP contribution in [0.3, 0.4) is 0 Å². The summed E-state index contributed by atoms with van der Waals surface area (Å²) in [6.07, 6.45) is 4.66. The van der Waals surface area contributed by atoms with Crippen molar-refractivity contribution >= 4 is 11.6 Å². The van der Waals surface area contributed by atoms with Gasteiger partial charge in [-0.15, -0.1) is 0 Å². The van der Waals surface area contributed by atoms with Gasteiger partial charge >= 0.3 is 0 Å². The Labute approximate surface area is 183 Å².